The van der Waals surface area contributed by atoms with E-state index in [-0.39, 0.29) is 72.1 Å². The largest absolute Gasteiger partial charge is 0.393 e. The predicted octanol–water partition coefficient (Wildman–Crippen LogP) is 1.08. The zero-order valence-electron chi connectivity index (χ0n) is 31.3. The van der Waals surface area contributed by atoms with Gasteiger partial charge in [0.1, 0.15) is 36.6 Å². The van der Waals surface area contributed by atoms with Crippen molar-refractivity contribution in [3.8, 4) is 0 Å². The van der Waals surface area contributed by atoms with Crippen LogP contribution in [0.15, 0.2) is 0 Å². The minimum Gasteiger partial charge on any atom is -0.393 e. The Labute approximate surface area is 302 Å². The molecule has 0 aromatic rings. The molecule has 0 spiro atoms. The molecule has 6 fully saturated rings. The summed E-state index contributed by atoms with van der Waals surface area (Å²) in [6.07, 6.45) is -4.97. The summed E-state index contributed by atoms with van der Waals surface area (Å²) in [5, 5.41) is 88.0. The van der Waals surface area contributed by atoms with Crippen LogP contribution in [-0.4, -0.2) is 140 Å². The first-order valence-electron chi connectivity index (χ1n) is 19.5. The number of methoxy groups -OCH3 is 1. The Balaban J connectivity index is 1.07. The van der Waals surface area contributed by atoms with Gasteiger partial charge in [-0.15, -0.1) is 0 Å². The Morgan fingerprint density at radius 3 is 2.20 bits per heavy atom. The van der Waals surface area contributed by atoms with Crippen LogP contribution in [-0.2, 0) is 23.7 Å². The second-order valence-electron chi connectivity index (χ2n) is 18.1. The summed E-state index contributed by atoms with van der Waals surface area (Å²) in [6.45, 7) is 10.4. The Kier molecular flexibility index (Phi) is 12.0. The van der Waals surface area contributed by atoms with Gasteiger partial charge in [0.2, 0.25) is 0 Å². The van der Waals surface area contributed by atoms with E-state index in [1.165, 1.54) is 7.11 Å². The molecule has 8 N–H and O–H groups in total. The third kappa shape index (κ3) is 7.08. The average Bonchev–Trinajstić information content (AvgIpc) is 3.50. The Morgan fingerprint density at radius 2 is 1.51 bits per heavy atom. The highest BCUT2D eigenvalue weighted by molar-refractivity contribution is 5.20. The van der Waals surface area contributed by atoms with Gasteiger partial charge in [0.05, 0.1) is 43.2 Å². The third-order valence-electron chi connectivity index (χ3n) is 14.8. The summed E-state index contributed by atoms with van der Waals surface area (Å²) in [7, 11) is 1.37. The summed E-state index contributed by atoms with van der Waals surface area (Å²) in [4.78, 5) is 0. The summed E-state index contributed by atoms with van der Waals surface area (Å²) in [5.41, 5.74) is -1.77. The zero-order valence-corrected chi connectivity index (χ0v) is 31.3. The van der Waals surface area contributed by atoms with Gasteiger partial charge >= 0.3 is 0 Å². The van der Waals surface area contributed by atoms with Crippen molar-refractivity contribution in [1.29, 1.82) is 0 Å². The normalized spacial score (nSPS) is 52.6. The third-order valence-corrected chi connectivity index (χ3v) is 14.8. The number of rotatable bonds is 11. The Hall–Kier alpha value is -0.520. The van der Waals surface area contributed by atoms with Gasteiger partial charge in [0.15, 0.2) is 12.6 Å². The lowest BCUT2D eigenvalue weighted by Gasteiger charge is -2.66. The van der Waals surface area contributed by atoms with E-state index in [1.807, 2.05) is 13.8 Å². The molecule has 2 heterocycles. The Morgan fingerprint density at radius 1 is 0.804 bits per heavy atom. The van der Waals surface area contributed by atoms with Crippen LogP contribution in [0.5, 0.6) is 0 Å². The van der Waals surface area contributed by atoms with E-state index >= 15 is 0 Å². The molecular weight excluding hydrogens is 664 g/mol. The van der Waals surface area contributed by atoms with Crippen molar-refractivity contribution in [3.05, 3.63) is 0 Å². The first kappa shape index (κ1) is 40.2. The van der Waals surface area contributed by atoms with Crippen LogP contribution in [0.2, 0.25) is 0 Å². The van der Waals surface area contributed by atoms with E-state index < -0.39 is 73.1 Å². The van der Waals surface area contributed by atoms with Crippen molar-refractivity contribution < 1.29 is 64.5 Å². The maximum atomic E-state index is 12.6. The van der Waals surface area contributed by atoms with Crippen LogP contribution in [0.4, 0.5) is 0 Å². The molecule has 0 amide bonds. The maximum Gasteiger partial charge on any atom is 0.186 e. The molecule has 12 unspecified atom stereocenters. The fourth-order valence-corrected chi connectivity index (χ4v) is 12.1. The van der Waals surface area contributed by atoms with Crippen molar-refractivity contribution in [3.63, 3.8) is 0 Å². The second-order valence-corrected chi connectivity index (χ2v) is 18.1. The number of hydrogen-bond acceptors (Lipinski definition) is 13. The molecule has 0 bridgehead atoms. The number of ether oxygens (including phenoxy) is 5. The minimum atomic E-state index is -1.31. The fourth-order valence-electron chi connectivity index (χ4n) is 12.1. The lowest BCUT2D eigenvalue weighted by Crippen LogP contribution is -2.68. The van der Waals surface area contributed by atoms with Gasteiger partial charge in [0.25, 0.3) is 0 Å². The molecule has 2 saturated heterocycles. The molecule has 6 aliphatic rings. The lowest BCUT2D eigenvalue weighted by atomic mass is 9.42. The van der Waals surface area contributed by atoms with Crippen LogP contribution in [0.3, 0.4) is 0 Å². The van der Waals surface area contributed by atoms with Gasteiger partial charge in [-0.3, -0.25) is 0 Å². The highest BCUT2D eigenvalue weighted by atomic mass is 16.7. The summed E-state index contributed by atoms with van der Waals surface area (Å²) >= 11 is 0. The molecule has 4 aliphatic carbocycles. The summed E-state index contributed by atoms with van der Waals surface area (Å²) in [5.74, 6) is -0.0134. The Bertz CT molecular complexity index is 1180. The molecule has 51 heavy (non-hydrogen) atoms. The molecule has 296 valence electrons. The molecule has 6 rings (SSSR count). The van der Waals surface area contributed by atoms with Crippen molar-refractivity contribution in [2.45, 2.75) is 172 Å². The van der Waals surface area contributed by atoms with Crippen LogP contribution in [0.1, 0.15) is 92.4 Å². The van der Waals surface area contributed by atoms with Gasteiger partial charge < -0.3 is 64.5 Å². The van der Waals surface area contributed by atoms with Crippen molar-refractivity contribution in [1.82, 2.24) is 0 Å². The van der Waals surface area contributed by atoms with Crippen molar-refractivity contribution >= 4 is 0 Å². The van der Waals surface area contributed by atoms with Crippen LogP contribution in [0.25, 0.3) is 0 Å². The SMILES string of the molecule is COC1C(OCC2OC(O[C@@H](CC[C@@H](C)C3C[C@@H](O)C4[C@]3(C)CCC3[C@@]5(C)CC[C@H](O)CC5[C@@H](O)C[C@]34O)C(C)C)C(O)C2O)OCC(O)C1O. The lowest BCUT2D eigenvalue weighted by molar-refractivity contribution is -0.285. The molecule has 20 atom stereocenters. The van der Waals surface area contributed by atoms with E-state index in [0.717, 1.165) is 25.7 Å². The maximum absolute atomic E-state index is 12.6. The van der Waals surface area contributed by atoms with E-state index in [9.17, 15) is 40.9 Å². The number of aliphatic hydroxyl groups excluding tert-OH is 7. The molecule has 2 aliphatic heterocycles. The average molecular weight is 731 g/mol. The van der Waals surface area contributed by atoms with Crippen LogP contribution < -0.4 is 0 Å². The standard InChI is InChI=1S/C38H66O13/c1-18(2)26(50-34-31(45)30(44)27(51-34)17-49-35-32(47-6)29(43)25(42)16-48-35)8-7-19(3)21-14-23(40)33-37(21,5)12-10-28-36(4)11-9-20(39)13-22(36)24(41)15-38(28,33)46/h18-35,39-46H,7-17H2,1-6H3/t19-,20+,21?,22?,23-,24+,25?,26+,27?,28?,29?,30?,31?,32?,33?,34?,35?,36+,37-,38+/m1/s1. The van der Waals surface area contributed by atoms with E-state index in [2.05, 4.69) is 20.8 Å². The molecular formula is C38H66O13. The minimum absolute atomic E-state index is 0.0371. The monoisotopic (exact) mass is 730 g/mol. The summed E-state index contributed by atoms with van der Waals surface area (Å²) in [6, 6.07) is 0. The van der Waals surface area contributed by atoms with E-state index in [1.54, 1.807) is 0 Å². The molecule has 4 saturated carbocycles. The predicted molar refractivity (Wildman–Crippen MR) is 183 cm³/mol. The van der Waals surface area contributed by atoms with Crippen LogP contribution >= 0.6 is 0 Å². The first-order valence-corrected chi connectivity index (χ1v) is 19.5. The first-order chi connectivity index (χ1) is 24.0. The fraction of sp³-hybridized carbons (Fsp3) is 1.00. The molecule has 0 radical (unpaired) electrons. The van der Waals surface area contributed by atoms with Gasteiger partial charge in [-0.1, -0.05) is 34.6 Å². The smallest absolute Gasteiger partial charge is 0.186 e. The topological polar surface area (TPSA) is 208 Å². The van der Waals surface area contributed by atoms with Gasteiger partial charge in [-0.2, -0.15) is 0 Å². The van der Waals surface area contributed by atoms with E-state index in [4.69, 9.17) is 23.7 Å². The van der Waals surface area contributed by atoms with Crippen molar-refractivity contribution in [2.24, 2.45) is 46.3 Å². The molecule has 13 nitrogen and oxygen atoms in total. The second kappa shape index (κ2) is 15.2. The highest BCUT2D eigenvalue weighted by Gasteiger charge is 2.70. The number of hydrogen-bond donors (Lipinski definition) is 8. The molecule has 0 aromatic heterocycles. The number of fused-ring (bicyclic) bond motifs is 5. The zero-order chi connectivity index (χ0) is 37.2. The van der Waals surface area contributed by atoms with Gasteiger partial charge in [-0.05, 0) is 91.8 Å². The van der Waals surface area contributed by atoms with E-state index in [0.29, 0.717) is 25.7 Å². The molecule has 0 aromatic carbocycles. The summed E-state index contributed by atoms with van der Waals surface area (Å²) < 4.78 is 28.8. The van der Waals surface area contributed by atoms with Crippen LogP contribution in [0, 0.1) is 46.3 Å². The van der Waals surface area contributed by atoms with Gasteiger partial charge in [0, 0.05) is 19.4 Å². The highest BCUT2D eigenvalue weighted by Crippen LogP contribution is 2.69. The molecule has 13 heteroatoms. The van der Waals surface area contributed by atoms with Crippen molar-refractivity contribution in [2.75, 3.05) is 20.3 Å². The quantitative estimate of drug-likeness (QED) is 0.150. The number of aliphatic hydroxyl groups is 8. The van der Waals surface area contributed by atoms with Gasteiger partial charge in [-0.25, -0.2) is 0 Å².